The maximum atomic E-state index is 12.4. The number of anilines is 1. The van der Waals surface area contributed by atoms with Gasteiger partial charge in [-0.15, -0.1) is 18.3 Å². The van der Waals surface area contributed by atoms with Crippen molar-refractivity contribution in [3.8, 4) is 5.75 Å². The van der Waals surface area contributed by atoms with Crippen LogP contribution in [-0.2, 0) is 11.3 Å². The summed E-state index contributed by atoms with van der Waals surface area (Å²) in [7, 11) is 0. The summed E-state index contributed by atoms with van der Waals surface area (Å²) < 4.78 is 40.3. The van der Waals surface area contributed by atoms with Gasteiger partial charge in [0.05, 0.1) is 5.69 Å². The molecule has 1 aliphatic heterocycles. The molecule has 1 aromatic carbocycles. The minimum absolute atomic E-state index is 0.0507. The molecule has 0 aliphatic carbocycles. The van der Waals surface area contributed by atoms with E-state index in [1.54, 1.807) is 0 Å². The largest absolute Gasteiger partial charge is 0.573 e. The number of aromatic nitrogens is 2. The predicted molar refractivity (Wildman–Crippen MR) is 96.7 cm³/mol. The molecule has 0 bridgehead atoms. The second-order valence-electron chi connectivity index (χ2n) is 6.70. The third-order valence-corrected chi connectivity index (χ3v) is 4.60. The molecule has 1 saturated heterocycles. The first-order chi connectivity index (χ1) is 13.3. The van der Waals surface area contributed by atoms with Gasteiger partial charge in [-0.05, 0) is 49.6 Å². The molecule has 3 rings (SSSR count). The van der Waals surface area contributed by atoms with Crippen LogP contribution in [0.3, 0.4) is 0 Å². The van der Waals surface area contributed by atoms with Gasteiger partial charge in [-0.1, -0.05) is 12.1 Å². The molecule has 2 aromatic rings. The van der Waals surface area contributed by atoms with Crippen molar-refractivity contribution in [1.82, 2.24) is 15.5 Å². The lowest BCUT2D eigenvalue weighted by atomic mass is 9.96. The maximum absolute atomic E-state index is 12.4. The summed E-state index contributed by atoms with van der Waals surface area (Å²) in [6.45, 7) is 3.58. The first-order valence-electron chi connectivity index (χ1n) is 8.98. The van der Waals surface area contributed by atoms with Gasteiger partial charge < -0.3 is 15.0 Å². The molecule has 0 unspecified atom stereocenters. The van der Waals surface area contributed by atoms with Gasteiger partial charge in [0, 0.05) is 25.6 Å². The van der Waals surface area contributed by atoms with E-state index < -0.39 is 6.36 Å². The zero-order valence-corrected chi connectivity index (χ0v) is 15.4. The zero-order valence-electron chi connectivity index (χ0n) is 15.4. The van der Waals surface area contributed by atoms with Crippen molar-refractivity contribution < 1.29 is 22.7 Å². The van der Waals surface area contributed by atoms with Crippen molar-refractivity contribution in [1.29, 1.82) is 0 Å². The van der Waals surface area contributed by atoms with Crippen LogP contribution in [0.15, 0.2) is 36.4 Å². The fraction of sp³-hybridized carbons (Fsp3) is 0.421. The number of halogens is 3. The monoisotopic (exact) mass is 394 g/mol. The Morgan fingerprint density at radius 2 is 1.82 bits per heavy atom. The average Bonchev–Trinajstić information content (AvgIpc) is 2.67. The van der Waals surface area contributed by atoms with Crippen LogP contribution in [0.1, 0.15) is 24.1 Å². The Balaban J connectivity index is 1.45. The number of hydrogen-bond donors (Lipinski definition) is 1. The third kappa shape index (κ3) is 5.58. The number of aryl methyl sites for hydroxylation is 1. The van der Waals surface area contributed by atoms with E-state index in [0.717, 1.165) is 24.6 Å². The Labute approximate surface area is 160 Å². The van der Waals surface area contributed by atoms with Gasteiger partial charge in [0.25, 0.3) is 0 Å². The van der Waals surface area contributed by atoms with Crippen molar-refractivity contribution in [2.24, 2.45) is 5.92 Å². The molecule has 1 amide bonds. The molecule has 0 atom stereocenters. The summed E-state index contributed by atoms with van der Waals surface area (Å²) in [6.07, 6.45) is -3.30. The van der Waals surface area contributed by atoms with Gasteiger partial charge in [0.15, 0.2) is 5.82 Å². The van der Waals surface area contributed by atoms with E-state index in [-0.39, 0.29) is 24.1 Å². The molecule has 0 radical (unpaired) electrons. The Morgan fingerprint density at radius 1 is 1.14 bits per heavy atom. The highest BCUT2D eigenvalue weighted by Crippen LogP contribution is 2.23. The van der Waals surface area contributed by atoms with Gasteiger partial charge in [-0.3, -0.25) is 4.79 Å². The highest BCUT2D eigenvalue weighted by Gasteiger charge is 2.31. The molecule has 1 aromatic heterocycles. The number of carbonyl (C=O) groups is 1. The third-order valence-electron chi connectivity index (χ3n) is 4.60. The molecule has 0 spiro atoms. The fourth-order valence-electron chi connectivity index (χ4n) is 3.07. The number of hydrogen-bond acceptors (Lipinski definition) is 5. The van der Waals surface area contributed by atoms with Gasteiger partial charge in [-0.2, -0.15) is 5.10 Å². The minimum Gasteiger partial charge on any atom is -0.406 e. The van der Waals surface area contributed by atoms with E-state index in [1.807, 2.05) is 19.1 Å². The van der Waals surface area contributed by atoms with Crippen LogP contribution in [0.5, 0.6) is 5.75 Å². The topological polar surface area (TPSA) is 67.4 Å². The summed E-state index contributed by atoms with van der Waals surface area (Å²) in [5.41, 5.74) is 1.56. The summed E-state index contributed by atoms with van der Waals surface area (Å²) in [4.78, 5) is 14.5. The molecule has 1 fully saturated rings. The maximum Gasteiger partial charge on any atom is 0.573 e. The van der Waals surface area contributed by atoms with Crippen molar-refractivity contribution in [2.75, 3.05) is 18.0 Å². The molecular weight excluding hydrogens is 373 g/mol. The number of nitrogens with one attached hydrogen (secondary N) is 1. The van der Waals surface area contributed by atoms with Crippen LogP contribution in [0.25, 0.3) is 0 Å². The van der Waals surface area contributed by atoms with E-state index in [1.165, 1.54) is 24.3 Å². The zero-order chi connectivity index (χ0) is 20.1. The molecule has 0 saturated carbocycles. The number of ether oxygens (including phenoxy) is 1. The lowest BCUT2D eigenvalue weighted by Crippen LogP contribution is -2.40. The molecule has 150 valence electrons. The van der Waals surface area contributed by atoms with Crippen LogP contribution in [0.2, 0.25) is 0 Å². The number of nitrogens with zero attached hydrogens (tertiary/aromatic N) is 3. The van der Waals surface area contributed by atoms with Crippen LogP contribution in [-0.4, -0.2) is 35.6 Å². The van der Waals surface area contributed by atoms with E-state index in [2.05, 4.69) is 25.2 Å². The van der Waals surface area contributed by atoms with Crippen molar-refractivity contribution in [3.63, 3.8) is 0 Å². The minimum atomic E-state index is -4.71. The van der Waals surface area contributed by atoms with Crippen molar-refractivity contribution >= 4 is 11.7 Å². The van der Waals surface area contributed by atoms with Crippen LogP contribution in [0.4, 0.5) is 19.0 Å². The van der Waals surface area contributed by atoms with E-state index in [4.69, 9.17) is 0 Å². The van der Waals surface area contributed by atoms with Gasteiger partial charge in [-0.25, -0.2) is 0 Å². The summed E-state index contributed by atoms with van der Waals surface area (Å²) in [6, 6.07) is 9.30. The second-order valence-corrected chi connectivity index (χ2v) is 6.70. The first kappa shape index (κ1) is 19.9. The normalized spacial score (nSPS) is 15.4. The number of benzene rings is 1. The number of amides is 1. The Bertz CT molecular complexity index is 786. The summed E-state index contributed by atoms with van der Waals surface area (Å²) in [5, 5.41) is 11.1. The fourth-order valence-corrected chi connectivity index (χ4v) is 3.07. The Hall–Kier alpha value is -2.84. The van der Waals surface area contributed by atoms with Gasteiger partial charge in [0.1, 0.15) is 5.75 Å². The first-order valence-corrected chi connectivity index (χ1v) is 8.98. The molecule has 1 aliphatic rings. The van der Waals surface area contributed by atoms with E-state index >= 15 is 0 Å². The molecular formula is C19H21F3N4O2. The molecule has 9 heteroatoms. The quantitative estimate of drug-likeness (QED) is 0.844. The van der Waals surface area contributed by atoms with Gasteiger partial charge in [0.2, 0.25) is 5.91 Å². The Kier molecular flexibility index (Phi) is 6.01. The van der Waals surface area contributed by atoms with Crippen molar-refractivity contribution in [2.45, 2.75) is 32.7 Å². The highest BCUT2D eigenvalue weighted by atomic mass is 19.4. The predicted octanol–water partition coefficient (Wildman–Crippen LogP) is 3.22. The number of rotatable bonds is 5. The van der Waals surface area contributed by atoms with Gasteiger partial charge >= 0.3 is 6.36 Å². The standard InChI is InChI=1S/C19H21F3N4O2/c1-13-2-7-17(25-24-13)26-10-8-15(9-11-26)18(27)23-12-14-3-5-16(6-4-14)28-19(20,21)22/h2-7,15H,8-12H2,1H3,(H,23,27). The summed E-state index contributed by atoms with van der Waals surface area (Å²) >= 11 is 0. The van der Waals surface area contributed by atoms with Crippen LogP contribution >= 0.6 is 0 Å². The number of alkyl halides is 3. The lowest BCUT2D eigenvalue weighted by Gasteiger charge is -2.31. The molecule has 28 heavy (non-hydrogen) atoms. The molecule has 6 nitrogen and oxygen atoms in total. The Morgan fingerprint density at radius 3 is 2.39 bits per heavy atom. The number of carbonyl (C=O) groups excluding carboxylic acids is 1. The smallest absolute Gasteiger partial charge is 0.406 e. The highest BCUT2D eigenvalue weighted by molar-refractivity contribution is 5.79. The van der Waals surface area contributed by atoms with E-state index in [9.17, 15) is 18.0 Å². The van der Waals surface area contributed by atoms with Crippen LogP contribution in [0, 0.1) is 12.8 Å². The molecule has 2 heterocycles. The van der Waals surface area contributed by atoms with Crippen LogP contribution < -0.4 is 15.0 Å². The van der Waals surface area contributed by atoms with E-state index in [0.29, 0.717) is 18.4 Å². The SMILES string of the molecule is Cc1ccc(N2CCC(C(=O)NCc3ccc(OC(F)(F)F)cc3)CC2)nn1. The van der Waals surface area contributed by atoms with Crippen molar-refractivity contribution in [3.05, 3.63) is 47.7 Å². The number of piperidine rings is 1. The molecule has 1 N–H and O–H groups in total. The second kappa shape index (κ2) is 8.45. The lowest BCUT2D eigenvalue weighted by molar-refractivity contribution is -0.274. The summed E-state index contributed by atoms with van der Waals surface area (Å²) in [5.74, 6) is 0.382. The average molecular weight is 394 g/mol.